The number of methoxy groups -OCH3 is 1. The van der Waals surface area contributed by atoms with E-state index in [2.05, 4.69) is 30.2 Å². The quantitative estimate of drug-likeness (QED) is 0.345. The average Bonchev–Trinajstić information content (AvgIpc) is 3.29. The van der Waals surface area contributed by atoms with Gasteiger partial charge in [-0.1, -0.05) is 11.3 Å². The van der Waals surface area contributed by atoms with Crippen LogP contribution in [0.1, 0.15) is 27.3 Å². The van der Waals surface area contributed by atoms with Gasteiger partial charge in [0.05, 0.1) is 42.4 Å². The highest BCUT2D eigenvalue weighted by atomic mass is 32.1. The van der Waals surface area contributed by atoms with Crippen LogP contribution in [0.3, 0.4) is 0 Å². The van der Waals surface area contributed by atoms with Crippen LogP contribution >= 0.6 is 11.3 Å². The largest absolute Gasteiger partial charge is 0.494 e. The number of nitriles is 1. The van der Waals surface area contributed by atoms with E-state index in [0.29, 0.717) is 38.6 Å². The standard InChI is InChI=1S/C26H18FN7O2S/c1-13-6-17(18-7-14(2)30-12-22(18)36-3)19(10-29-13)24(35)34-26-33-23-25(37-26)32-21(11-31-23)16-5-4-15(9-28)8-20(16)27/h4-8,10-12H,1-3H3,(H,31,33,34,35). The van der Waals surface area contributed by atoms with Gasteiger partial charge in [0.2, 0.25) is 0 Å². The third kappa shape index (κ3) is 4.70. The Balaban J connectivity index is 1.48. The van der Waals surface area contributed by atoms with Crippen LogP contribution in [-0.2, 0) is 0 Å². The molecule has 0 saturated heterocycles. The van der Waals surface area contributed by atoms with Crippen molar-refractivity contribution >= 4 is 32.9 Å². The van der Waals surface area contributed by atoms with Crippen molar-refractivity contribution in [3.63, 3.8) is 0 Å². The smallest absolute Gasteiger partial charge is 0.259 e. The summed E-state index contributed by atoms with van der Waals surface area (Å²) in [5, 5.41) is 12.0. The minimum Gasteiger partial charge on any atom is -0.494 e. The highest BCUT2D eigenvalue weighted by Gasteiger charge is 2.20. The highest BCUT2D eigenvalue weighted by molar-refractivity contribution is 7.21. The Labute approximate surface area is 214 Å². The van der Waals surface area contributed by atoms with Gasteiger partial charge in [-0.2, -0.15) is 10.2 Å². The first-order valence-corrected chi connectivity index (χ1v) is 11.8. The SMILES string of the molecule is COc1cnc(C)cc1-c1cc(C)ncc1C(=O)Nc1nc2ncc(-c3ccc(C#N)cc3F)nc2s1. The number of hydrogen-bond donors (Lipinski definition) is 1. The highest BCUT2D eigenvalue weighted by Crippen LogP contribution is 2.34. The fourth-order valence-electron chi connectivity index (χ4n) is 3.75. The van der Waals surface area contributed by atoms with Crippen molar-refractivity contribution in [2.24, 2.45) is 0 Å². The maximum atomic E-state index is 14.5. The molecule has 0 bridgehead atoms. The van der Waals surface area contributed by atoms with E-state index in [1.54, 1.807) is 13.3 Å². The Morgan fingerprint density at radius 1 is 1.00 bits per heavy atom. The van der Waals surface area contributed by atoms with E-state index < -0.39 is 11.7 Å². The van der Waals surface area contributed by atoms with Crippen molar-refractivity contribution < 1.29 is 13.9 Å². The molecule has 0 spiro atoms. The number of ether oxygens (including phenoxy) is 1. The lowest BCUT2D eigenvalue weighted by Crippen LogP contribution is -2.14. The molecule has 0 radical (unpaired) electrons. The molecule has 1 amide bonds. The lowest BCUT2D eigenvalue weighted by molar-refractivity contribution is 0.102. The van der Waals surface area contributed by atoms with Crippen molar-refractivity contribution in [1.29, 1.82) is 5.26 Å². The number of aryl methyl sites for hydroxylation is 2. The minimum atomic E-state index is -0.577. The van der Waals surface area contributed by atoms with Crippen molar-refractivity contribution in [3.05, 3.63) is 77.3 Å². The van der Waals surface area contributed by atoms with Crippen LogP contribution < -0.4 is 10.1 Å². The zero-order valence-electron chi connectivity index (χ0n) is 19.9. The van der Waals surface area contributed by atoms with E-state index in [1.807, 2.05) is 32.0 Å². The van der Waals surface area contributed by atoms with Crippen molar-refractivity contribution in [2.75, 3.05) is 12.4 Å². The number of halogens is 1. The summed E-state index contributed by atoms with van der Waals surface area (Å²) in [5.74, 6) is -0.468. The molecular weight excluding hydrogens is 493 g/mol. The third-order valence-electron chi connectivity index (χ3n) is 5.52. The second-order valence-electron chi connectivity index (χ2n) is 8.06. The molecule has 5 aromatic rings. The van der Waals surface area contributed by atoms with Gasteiger partial charge in [-0.25, -0.2) is 14.4 Å². The monoisotopic (exact) mass is 511 g/mol. The van der Waals surface area contributed by atoms with Crippen LogP contribution in [0.25, 0.3) is 32.9 Å². The Bertz CT molecular complexity index is 1730. The third-order valence-corrected chi connectivity index (χ3v) is 6.37. The number of thiazole rings is 1. The first-order chi connectivity index (χ1) is 17.9. The second kappa shape index (κ2) is 9.67. The van der Waals surface area contributed by atoms with Gasteiger partial charge in [0.15, 0.2) is 15.6 Å². The number of fused-ring (bicyclic) bond motifs is 1. The molecule has 1 aromatic carbocycles. The molecule has 37 heavy (non-hydrogen) atoms. The van der Waals surface area contributed by atoms with E-state index in [9.17, 15) is 9.18 Å². The summed E-state index contributed by atoms with van der Waals surface area (Å²) in [5.41, 5.74) is 4.22. The van der Waals surface area contributed by atoms with Gasteiger partial charge in [-0.05, 0) is 44.2 Å². The molecule has 0 atom stereocenters. The van der Waals surface area contributed by atoms with Crippen molar-refractivity contribution in [1.82, 2.24) is 24.9 Å². The van der Waals surface area contributed by atoms with E-state index >= 15 is 0 Å². The zero-order valence-corrected chi connectivity index (χ0v) is 20.7. The van der Waals surface area contributed by atoms with Gasteiger partial charge in [0, 0.05) is 34.3 Å². The molecule has 4 heterocycles. The number of hydrogen-bond acceptors (Lipinski definition) is 9. The summed E-state index contributed by atoms with van der Waals surface area (Å²) in [6, 6.07) is 9.69. The summed E-state index contributed by atoms with van der Waals surface area (Å²) in [6.45, 7) is 3.70. The van der Waals surface area contributed by atoms with Crippen molar-refractivity contribution in [3.8, 4) is 34.2 Å². The van der Waals surface area contributed by atoms with E-state index in [1.165, 1.54) is 24.5 Å². The maximum Gasteiger partial charge on any atom is 0.259 e. The molecule has 0 aliphatic carbocycles. The van der Waals surface area contributed by atoms with Crippen LogP contribution in [0.4, 0.5) is 9.52 Å². The van der Waals surface area contributed by atoms with E-state index in [4.69, 9.17) is 10.00 Å². The number of rotatable bonds is 5. The lowest BCUT2D eigenvalue weighted by Gasteiger charge is -2.13. The Morgan fingerprint density at radius 3 is 2.49 bits per heavy atom. The van der Waals surface area contributed by atoms with Crippen LogP contribution in [0.5, 0.6) is 5.75 Å². The topological polar surface area (TPSA) is 127 Å². The van der Waals surface area contributed by atoms with Gasteiger partial charge >= 0.3 is 0 Å². The normalized spacial score (nSPS) is 10.8. The van der Waals surface area contributed by atoms with Gasteiger partial charge < -0.3 is 4.74 Å². The summed E-state index contributed by atoms with van der Waals surface area (Å²) in [4.78, 5) is 35.4. The summed E-state index contributed by atoms with van der Waals surface area (Å²) in [7, 11) is 1.54. The van der Waals surface area contributed by atoms with Gasteiger partial charge in [-0.3, -0.25) is 20.1 Å². The number of nitrogens with one attached hydrogen (secondary N) is 1. The van der Waals surface area contributed by atoms with Crippen LogP contribution in [0.2, 0.25) is 0 Å². The molecular formula is C26H18FN7O2S. The average molecular weight is 512 g/mol. The maximum absolute atomic E-state index is 14.5. The predicted octanol–water partition coefficient (Wildman–Crippen LogP) is 5.10. The molecule has 5 rings (SSSR count). The van der Waals surface area contributed by atoms with Crippen molar-refractivity contribution in [2.45, 2.75) is 13.8 Å². The molecule has 182 valence electrons. The molecule has 11 heteroatoms. The van der Waals surface area contributed by atoms with Crippen LogP contribution in [0, 0.1) is 31.0 Å². The fourth-order valence-corrected chi connectivity index (χ4v) is 4.54. The number of nitrogens with zero attached hydrogens (tertiary/aromatic N) is 6. The number of carbonyl (C=O) groups excluding carboxylic acids is 1. The molecule has 0 unspecified atom stereocenters. The number of carbonyl (C=O) groups is 1. The number of pyridine rings is 2. The number of aromatic nitrogens is 5. The first-order valence-electron chi connectivity index (χ1n) is 11.0. The number of amides is 1. The molecule has 0 aliphatic heterocycles. The molecule has 0 fully saturated rings. The number of anilines is 1. The second-order valence-corrected chi connectivity index (χ2v) is 9.04. The van der Waals surface area contributed by atoms with Gasteiger partial charge in [0.1, 0.15) is 11.6 Å². The van der Waals surface area contributed by atoms with Crippen LogP contribution in [-0.4, -0.2) is 37.9 Å². The Morgan fingerprint density at radius 2 is 1.76 bits per heavy atom. The predicted molar refractivity (Wildman–Crippen MR) is 137 cm³/mol. The molecule has 9 nitrogen and oxygen atoms in total. The molecule has 0 aliphatic rings. The summed E-state index contributed by atoms with van der Waals surface area (Å²) in [6.07, 6.45) is 4.52. The first kappa shape index (κ1) is 23.9. The van der Waals surface area contributed by atoms with Crippen LogP contribution in [0.15, 0.2) is 48.9 Å². The summed E-state index contributed by atoms with van der Waals surface area (Å²) < 4.78 is 19.9. The molecule has 0 saturated carbocycles. The molecule has 4 aromatic heterocycles. The van der Waals surface area contributed by atoms with Gasteiger partial charge in [-0.15, -0.1) is 0 Å². The Kier molecular flexibility index (Phi) is 6.25. The minimum absolute atomic E-state index is 0.211. The van der Waals surface area contributed by atoms with E-state index in [-0.39, 0.29) is 16.3 Å². The lowest BCUT2D eigenvalue weighted by atomic mass is 9.99. The number of benzene rings is 1. The van der Waals surface area contributed by atoms with Gasteiger partial charge in [0.25, 0.3) is 5.91 Å². The fraction of sp³-hybridized carbons (Fsp3) is 0.115. The Hall–Kier alpha value is -4.82. The zero-order chi connectivity index (χ0) is 26.1. The van der Waals surface area contributed by atoms with E-state index in [0.717, 1.165) is 28.8 Å². The summed E-state index contributed by atoms with van der Waals surface area (Å²) >= 11 is 1.11. The molecule has 1 N–H and O–H groups in total.